The summed E-state index contributed by atoms with van der Waals surface area (Å²) in [6.45, 7) is 1.57. The maximum Gasteiger partial charge on any atom is 0.244 e. The molecule has 112 valence electrons. The molecule has 0 saturated carbocycles. The first kappa shape index (κ1) is 13.9. The van der Waals surface area contributed by atoms with E-state index in [1.165, 1.54) is 12.1 Å². The molecule has 0 bridgehead atoms. The second kappa shape index (κ2) is 5.77. The number of benzene rings is 1. The molecule has 1 aliphatic rings. The topological polar surface area (TPSA) is 70.8 Å². The lowest BCUT2D eigenvalue weighted by Gasteiger charge is -2.29. The van der Waals surface area contributed by atoms with Crippen LogP contribution in [0.2, 0.25) is 0 Å². The van der Waals surface area contributed by atoms with E-state index in [2.05, 4.69) is 15.2 Å². The molecule has 0 aliphatic carbocycles. The minimum Gasteiger partial charge on any atom is -0.338 e. The Hall–Kier alpha value is -2.02. The third-order valence-corrected chi connectivity index (χ3v) is 3.65. The fourth-order valence-corrected chi connectivity index (χ4v) is 2.56. The standard InChI is InChI=1S/C14H17F2N5/c15-11-5-1-3-9(13(11)16)7-12-18-14(20-19-12)21-6-2-4-10(17)8-21/h1,3,5,10H,2,4,6-8,17H2,(H,18,19,20). The molecule has 1 unspecified atom stereocenters. The van der Waals surface area contributed by atoms with Gasteiger partial charge in [-0.15, -0.1) is 5.10 Å². The summed E-state index contributed by atoms with van der Waals surface area (Å²) in [6.07, 6.45) is 2.18. The highest BCUT2D eigenvalue weighted by molar-refractivity contribution is 5.31. The molecule has 0 amide bonds. The van der Waals surface area contributed by atoms with Gasteiger partial charge in [0.05, 0.1) is 0 Å². The zero-order chi connectivity index (χ0) is 14.8. The van der Waals surface area contributed by atoms with E-state index in [9.17, 15) is 8.78 Å². The van der Waals surface area contributed by atoms with Gasteiger partial charge < -0.3 is 10.6 Å². The molecule has 5 nitrogen and oxygen atoms in total. The van der Waals surface area contributed by atoms with Crippen molar-refractivity contribution in [2.45, 2.75) is 25.3 Å². The molecule has 1 fully saturated rings. The number of aromatic nitrogens is 3. The van der Waals surface area contributed by atoms with Gasteiger partial charge in [0.1, 0.15) is 5.82 Å². The minimum atomic E-state index is -0.853. The number of halogens is 2. The number of nitrogens with one attached hydrogen (secondary N) is 1. The second-order valence-electron chi connectivity index (χ2n) is 5.32. The Bertz CT molecular complexity index is 628. The van der Waals surface area contributed by atoms with Gasteiger partial charge in [0.2, 0.25) is 5.95 Å². The summed E-state index contributed by atoms with van der Waals surface area (Å²) in [7, 11) is 0. The summed E-state index contributed by atoms with van der Waals surface area (Å²) in [6, 6.07) is 4.24. The number of rotatable bonds is 3. The largest absolute Gasteiger partial charge is 0.338 e. The summed E-state index contributed by atoms with van der Waals surface area (Å²) in [5.41, 5.74) is 6.19. The number of nitrogens with zero attached hydrogens (tertiary/aromatic N) is 3. The normalized spacial score (nSPS) is 19.0. The average molecular weight is 293 g/mol. The van der Waals surface area contributed by atoms with Crippen molar-refractivity contribution in [2.24, 2.45) is 5.73 Å². The van der Waals surface area contributed by atoms with Crippen LogP contribution in [0.3, 0.4) is 0 Å². The van der Waals surface area contributed by atoms with Crippen molar-refractivity contribution >= 4 is 5.95 Å². The van der Waals surface area contributed by atoms with E-state index in [4.69, 9.17) is 5.73 Å². The van der Waals surface area contributed by atoms with E-state index in [0.29, 0.717) is 18.3 Å². The number of hydrogen-bond donors (Lipinski definition) is 2. The van der Waals surface area contributed by atoms with Crippen LogP contribution in [0.25, 0.3) is 0 Å². The van der Waals surface area contributed by atoms with Crippen LogP contribution in [0.4, 0.5) is 14.7 Å². The lowest BCUT2D eigenvalue weighted by Crippen LogP contribution is -2.43. The van der Waals surface area contributed by atoms with Crippen molar-refractivity contribution in [2.75, 3.05) is 18.0 Å². The Morgan fingerprint density at radius 2 is 2.24 bits per heavy atom. The smallest absolute Gasteiger partial charge is 0.244 e. The van der Waals surface area contributed by atoms with Crippen LogP contribution in [0.1, 0.15) is 24.2 Å². The molecule has 1 aromatic carbocycles. The fourth-order valence-electron chi connectivity index (χ4n) is 2.56. The summed E-state index contributed by atoms with van der Waals surface area (Å²) < 4.78 is 26.8. The summed E-state index contributed by atoms with van der Waals surface area (Å²) in [5.74, 6) is -0.615. The molecule has 1 atom stereocenters. The van der Waals surface area contributed by atoms with Crippen molar-refractivity contribution in [3.05, 3.63) is 41.2 Å². The lowest BCUT2D eigenvalue weighted by atomic mass is 10.1. The molecule has 0 spiro atoms. The van der Waals surface area contributed by atoms with Crippen LogP contribution in [-0.4, -0.2) is 34.3 Å². The predicted molar refractivity (Wildman–Crippen MR) is 75.0 cm³/mol. The van der Waals surface area contributed by atoms with Crippen LogP contribution in [0.15, 0.2) is 18.2 Å². The highest BCUT2D eigenvalue weighted by Gasteiger charge is 2.20. The molecular weight excluding hydrogens is 276 g/mol. The number of aromatic amines is 1. The summed E-state index contributed by atoms with van der Waals surface area (Å²) in [4.78, 5) is 6.36. The molecule has 0 radical (unpaired) electrons. The molecule has 1 aliphatic heterocycles. The van der Waals surface area contributed by atoms with Crippen molar-refractivity contribution < 1.29 is 8.78 Å². The first-order valence-corrected chi connectivity index (χ1v) is 6.98. The van der Waals surface area contributed by atoms with E-state index in [0.717, 1.165) is 25.5 Å². The van der Waals surface area contributed by atoms with Gasteiger partial charge in [0.25, 0.3) is 0 Å². The number of anilines is 1. The highest BCUT2D eigenvalue weighted by Crippen LogP contribution is 2.18. The zero-order valence-electron chi connectivity index (χ0n) is 11.5. The number of nitrogens with two attached hydrogens (primary N) is 1. The molecular formula is C14H17F2N5. The quantitative estimate of drug-likeness (QED) is 0.902. The van der Waals surface area contributed by atoms with E-state index in [-0.39, 0.29) is 18.0 Å². The second-order valence-corrected chi connectivity index (χ2v) is 5.32. The Morgan fingerprint density at radius 1 is 1.38 bits per heavy atom. The third-order valence-electron chi connectivity index (χ3n) is 3.65. The van der Waals surface area contributed by atoms with Gasteiger partial charge >= 0.3 is 0 Å². The van der Waals surface area contributed by atoms with Gasteiger partial charge in [-0.1, -0.05) is 12.1 Å². The van der Waals surface area contributed by atoms with Gasteiger partial charge in [-0.2, -0.15) is 4.98 Å². The maximum atomic E-state index is 13.6. The molecule has 1 saturated heterocycles. The molecule has 3 rings (SSSR count). The van der Waals surface area contributed by atoms with Crippen molar-refractivity contribution in [1.82, 2.24) is 15.2 Å². The molecule has 2 aromatic rings. The van der Waals surface area contributed by atoms with Crippen LogP contribution in [0.5, 0.6) is 0 Å². The molecule has 2 heterocycles. The van der Waals surface area contributed by atoms with Gasteiger partial charge in [-0.05, 0) is 24.5 Å². The van der Waals surface area contributed by atoms with E-state index >= 15 is 0 Å². The molecule has 1 aromatic heterocycles. The number of H-pyrrole nitrogens is 1. The average Bonchev–Trinajstić information content (AvgIpc) is 2.93. The molecule has 3 N–H and O–H groups in total. The SMILES string of the molecule is NC1CCCN(c2n[nH]c(Cc3cccc(F)c3F)n2)C1. The Morgan fingerprint density at radius 3 is 3.05 bits per heavy atom. The number of hydrogen-bond acceptors (Lipinski definition) is 4. The van der Waals surface area contributed by atoms with Gasteiger partial charge in [0.15, 0.2) is 11.6 Å². The summed E-state index contributed by atoms with van der Waals surface area (Å²) in [5, 5.41) is 6.92. The van der Waals surface area contributed by atoms with Crippen LogP contribution >= 0.6 is 0 Å². The lowest BCUT2D eigenvalue weighted by molar-refractivity contribution is 0.499. The van der Waals surface area contributed by atoms with E-state index in [1.807, 2.05) is 4.90 Å². The molecule has 7 heteroatoms. The Labute approximate surface area is 121 Å². The van der Waals surface area contributed by atoms with Crippen molar-refractivity contribution in [3.8, 4) is 0 Å². The van der Waals surface area contributed by atoms with E-state index < -0.39 is 11.6 Å². The van der Waals surface area contributed by atoms with Gasteiger partial charge in [0, 0.05) is 25.6 Å². The zero-order valence-corrected chi connectivity index (χ0v) is 11.5. The molecule has 21 heavy (non-hydrogen) atoms. The first-order chi connectivity index (χ1) is 10.1. The number of piperidine rings is 1. The highest BCUT2D eigenvalue weighted by atomic mass is 19.2. The Balaban J connectivity index is 1.74. The van der Waals surface area contributed by atoms with Crippen molar-refractivity contribution in [3.63, 3.8) is 0 Å². The first-order valence-electron chi connectivity index (χ1n) is 6.98. The summed E-state index contributed by atoms with van der Waals surface area (Å²) >= 11 is 0. The maximum absolute atomic E-state index is 13.6. The van der Waals surface area contributed by atoms with E-state index in [1.54, 1.807) is 0 Å². The van der Waals surface area contributed by atoms with Gasteiger partial charge in [-0.25, -0.2) is 8.78 Å². The Kier molecular flexibility index (Phi) is 3.83. The van der Waals surface area contributed by atoms with Crippen molar-refractivity contribution in [1.29, 1.82) is 0 Å². The monoisotopic (exact) mass is 293 g/mol. The fraction of sp³-hybridized carbons (Fsp3) is 0.429. The van der Waals surface area contributed by atoms with Crippen LogP contribution in [-0.2, 0) is 6.42 Å². The third kappa shape index (κ3) is 3.02. The van der Waals surface area contributed by atoms with Gasteiger partial charge in [-0.3, -0.25) is 5.10 Å². The predicted octanol–water partition coefficient (Wildman–Crippen LogP) is 1.60. The van der Waals surface area contributed by atoms with Crippen LogP contribution in [0, 0.1) is 11.6 Å². The van der Waals surface area contributed by atoms with Crippen LogP contribution < -0.4 is 10.6 Å². The minimum absolute atomic E-state index is 0.126.